The van der Waals surface area contributed by atoms with Gasteiger partial charge in [0.15, 0.2) is 0 Å². The Hall–Kier alpha value is -1.75. The predicted octanol–water partition coefficient (Wildman–Crippen LogP) is 3.37. The topological polar surface area (TPSA) is 35.9 Å². The van der Waals surface area contributed by atoms with Crippen LogP contribution in [0.2, 0.25) is 5.02 Å². The van der Waals surface area contributed by atoms with Gasteiger partial charge in [-0.3, -0.25) is 9.80 Å². The van der Waals surface area contributed by atoms with Gasteiger partial charge in [-0.05, 0) is 35.9 Å². The summed E-state index contributed by atoms with van der Waals surface area (Å²) in [5, 5.41) is 10.8. The molecular weight excluding hydrogens is 324 g/mol. The van der Waals surface area contributed by atoms with Gasteiger partial charge in [-0.25, -0.2) is 0 Å². The Balaban J connectivity index is 1.54. The lowest BCUT2D eigenvalue weighted by molar-refractivity contribution is 0.121. The van der Waals surface area contributed by atoms with Gasteiger partial charge in [-0.2, -0.15) is 0 Å². The molecule has 0 saturated carbocycles. The molecule has 0 aromatic heterocycles. The van der Waals surface area contributed by atoms with Crippen LogP contribution in [-0.2, 0) is 13.1 Å². The zero-order valence-electron chi connectivity index (χ0n) is 13.9. The van der Waals surface area contributed by atoms with Crippen LogP contribution in [0.25, 0.3) is 0 Å². The molecule has 2 aromatic carbocycles. The Labute approximate surface area is 148 Å². The van der Waals surface area contributed by atoms with E-state index in [1.165, 1.54) is 5.56 Å². The number of phenolic OH excluding ortho intramolecular Hbond substituents is 1. The van der Waals surface area contributed by atoms with E-state index in [9.17, 15) is 5.11 Å². The van der Waals surface area contributed by atoms with Gasteiger partial charge in [0.05, 0.1) is 7.11 Å². The number of methoxy groups -OCH3 is 1. The third-order valence-electron chi connectivity index (χ3n) is 4.44. The molecule has 3 rings (SSSR count). The van der Waals surface area contributed by atoms with Gasteiger partial charge in [-0.1, -0.05) is 23.7 Å². The number of benzene rings is 2. The molecule has 0 aliphatic carbocycles. The minimum atomic E-state index is 0.331. The van der Waals surface area contributed by atoms with Crippen molar-refractivity contribution < 1.29 is 9.84 Å². The highest BCUT2D eigenvalue weighted by molar-refractivity contribution is 6.30. The second-order valence-electron chi connectivity index (χ2n) is 6.18. The highest BCUT2D eigenvalue weighted by Crippen LogP contribution is 2.24. The average molecular weight is 347 g/mol. The number of phenols is 1. The van der Waals surface area contributed by atoms with E-state index in [4.69, 9.17) is 16.3 Å². The highest BCUT2D eigenvalue weighted by Gasteiger charge is 2.18. The number of ether oxygens (including phenoxy) is 1. The summed E-state index contributed by atoms with van der Waals surface area (Å²) in [5.74, 6) is 1.11. The maximum Gasteiger partial charge on any atom is 0.120 e. The number of piperazine rings is 1. The Bertz CT molecular complexity index is 685. The van der Waals surface area contributed by atoms with Crippen molar-refractivity contribution in [3.8, 4) is 11.5 Å². The molecule has 1 aliphatic rings. The fourth-order valence-electron chi connectivity index (χ4n) is 3.06. The molecule has 0 atom stereocenters. The van der Waals surface area contributed by atoms with Crippen LogP contribution >= 0.6 is 11.6 Å². The molecular formula is C19H23ClN2O2. The van der Waals surface area contributed by atoms with Gasteiger partial charge in [-0.15, -0.1) is 0 Å². The second-order valence-corrected chi connectivity index (χ2v) is 6.61. The Morgan fingerprint density at radius 1 is 1.00 bits per heavy atom. The number of rotatable bonds is 5. The van der Waals surface area contributed by atoms with Crippen LogP contribution in [-0.4, -0.2) is 48.2 Å². The third kappa shape index (κ3) is 4.41. The first-order valence-electron chi connectivity index (χ1n) is 8.19. The van der Waals surface area contributed by atoms with Gasteiger partial charge >= 0.3 is 0 Å². The molecule has 1 fully saturated rings. The minimum Gasteiger partial charge on any atom is -0.508 e. The lowest BCUT2D eigenvalue weighted by Crippen LogP contribution is -2.45. The molecule has 0 amide bonds. The number of nitrogens with zero attached hydrogens (tertiary/aromatic N) is 2. The van der Waals surface area contributed by atoms with Crippen LogP contribution in [0.5, 0.6) is 11.5 Å². The van der Waals surface area contributed by atoms with Crippen LogP contribution in [0.15, 0.2) is 42.5 Å². The van der Waals surface area contributed by atoms with E-state index in [-0.39, 0.29) is 0 Å². The summed E-state index contributed by atoms with van der Waals surface area (Å²) in [6.07, 6.45) is 0. The van der Waals surface area contributed by atoms with Gasteiger partial charge < -0.3 is 9.84 Å². The first-order valence-corrected chi connectivity index (χ1v) is 8.57. The number of aromatic hydroxyl groups is 1. The summed E-state index contributed by atoms with van der Waals surface area (Å²) in [5.41, 5.74) is 2.17. The van der Waals surface area contributed by atoms with E-state index in [0.717, 1.165) is 55.6 Å². The van der Waals surface area contributed by atoms with Gasteiger partial charge in [0.2, 0.25) is 0 Å². The Morgan fingerprint density at radius 2 is 1.71 bits per heavy atom. The second kappa shape index (κ2) is 7.88. The zero-order chi connectivity index (χ0) is 16.9. The standard InChI is InChI=1S/C19H23ClN2O2/c1-24-18-5-6-19(23)16(12-18)14-22-9-7-21(8-10-22)13-15-3-2-4-17(20)11-15/h2-6,11-12,23H,7-10,13-14H2,1H3. The van der Waals surface area contributed by atoms with Crippen LogP contribution < -0.4 is 4.74 Å². The summed E-state index contributed by atoms with van der Waals surface area (Å²) in [6.45, 7) is 5.66. The molecule has 1 saturated heterocycles. The molecule has 128 valence electrons. The van der Waals surface area contributed by atoms with E-state index in [1.54, 1.807) is 19.2 Å². The van der Waals surface area contributed by atoms with Crippen molar-refractivity contribution in [2.45, 2.75) is 13.1 Å². The van der Waals surface area contributed by atoms with Crippen molar-refractivity contribution in [1.82, 2.24) is 9.80 Å². The van der Waals surface area contributed by atoms with Crippen LogP contribution in [0.3, 0.4) is 0 Å². The highest BCUT2D eigenvalue weighted by atomic mass is 35.5. The lowest BCUT2D eigenvalue weighted by Gasteiger charge is -2.34. The molecule has 24 heavy (non-hydrogen) atoms. The molecule has 4 nitrogen and oxygen atoms in total. The van der Waals surface area contributed by atoms with Gasteiger partial charge in [0.25, 0.3) is 0 Å². The van der Waals surface area contributed by atoms with E-state index >= 15 is 0 Å². The molecule has 0 unspecified atom stereocenters. The molecule has 1 N–H and O–H groups in total. The molecule has 0 spiro atoms. The lowest BCUT2D eigenvalue weighted by atomic mass is 10.1. The SMILES string of the molecule is COc1ccc(O)c(CN2CCN(Cc3cccc(Cl)c3)CC2)c1. The molecule has 0 radical (unpaired) electrons. The van der Waals surface area contributed by atoms with E-state index < -0.39 is 0 Å². The maximum atomic E-state index is 10.0. The molecule has 1 heterocycles. The minimum absolute atomic E-state index is 0.331. The summed E-state index contributed by atoms with van der Waals surface area (Å²) in [6, 6.07) is 13.4. The number of halogens is 1. The molecule has 2 aromatic rings. The van der Waals surface area contributed by atoms with Crippen molar-refractivity contribution in [2.24, 2.45) is 0 Å². The van der Waals surface area contributed by atoms with Crippen molar-refractivity contribution in [3.05, 3.63) is 58.6 Å². The first-order chi connectivity index (χ1) is 11.6. The smallest absolute Gasteiger partial charge is 0.120 e. The van der Waals surface area contributed by atoms with Crippen molar-refractivity contribution in [2.75, 3.05) is 33.3 Å². The summed E-state index contributed by atoms with van der Waals surface area (Å²) >= 11 is 6.05. The largest absolute Gasteiger partial charge is 0.508 e. The Morgan fingerprint density at radius 3 is 2.38 bits per heavy atom. The van der Waals surface area contributed by atoms with E-state index in [0.29, 0.717) is 5.75 Å². The van der Waals surface area contributed by atoms with Crippen molar-refractivity contribution in [3.63, 3.8) is 0 Å². The van der Waals surface area contributed by atoms with E-state index in [2.05, 4.69) is 15.9 Å². The number of hydrogen-bond donors (Lipinski definition) is 1. The van der Waals surface area contributed by atoms with Crippen molar-refractivity contribution >= 4 is 11.6 Å². The quantitative estimate of drug-likeness (QED) is 0.900. The molecule has 5 heteroatoms. The van der Waals surface area contributed by atoms with Gasteiger partial charge in [0, 0.05) is 49.9 Å². The number of hydrogen-bond acceptors (Lipinski definition) is 4. The molecule has 0 bridgehead atoms. The van der Waals surface area contributed by atoms with Crippen LogP contribution in [0, 0.1) is 0 Å². The third-order valence-corrected chi connectivity index (χ3v) is 4.68. The fraction of sp³-hybridized carbons (Fsp3) is 0.368. The first kappa shape index (κ1) is 17.1. The Kier molecular flexibility index (Phi) is 5.61. The van der Waals surface area contributed by atoms with Crippen LogP contribution in [0.1, 0.15) is 11.1 Å². The molecule has 1 aliphatic heterocycles. The van der Waals surface area contributed by atoms with E-state index in [1.807, 2.05) is 24.3 Å². The maximum absolute atomic E-state index is 10.0. The summed E-state index contributed by atoms with van der Waals surface area (Å²) in [4.78, 5) is 4.80. The normalized spacial score (nSPS) is 16.2. The fourth-order valence-corrected chi connectivity index (χ4v) is 3.27. The van der Waals surface area contributed by atoms with Gasteiger partial charge in [0.1, 0.15) is 11.5 Å². The average Bonchev–Trinajstić information content (AvgIpc) is 2.58. The zero-order valence-corrected chi connectivity index (χ0v) is 14.7. The monoisotopic (exact) mass is 346 g/mol. The summed E-state index contributed by atoms with van der Waals surface area (Å²) < 4.78 is 5.24. The predicted molar refractivity (Wildman–Crippen MR) is 96.7 cm³/mol. The van der Waals surface area contributed by atoms with Crippen LogP contribution in [0.4, 0.5) is 0 Å². The van der Waals surface area contributed by atoms with Crippen molar-refractivity contribution in [1.29, 1.82) is 0 Å². The summed E-state index contributed by atoms with van der Waals surface area (Å²) in [7, 11) is 1.64.